The highest BCUT2D eigenvalue weighted by molar-refractivity contribution is 5.90. The lowest BCUT2D eigenvalue weighted by Gasteiger charge is -2.27. The van der Waals surface area contributed by atoms with Crippen LogP contribution in [0.25, 0.3) is 0 Å². The molecule has 2 rings (SSSR count). The van der Waals surface area contributed by atoms with E-state index in [0.717, 1.165) is 32.0 Å². The Morgan fingerprint density at radius 1 is 1.63 bits per heavy atom. The number of rotatable bonds is 4. The van der Waals surface area contributed by atoms with E-state index in [1.807, 2.05) is 7.05 Å². The summed E-state index contributed by atoms with van der Waals surface area (Å²) < 4.78 is 10.2. The molecule has 19 heavy (non-hydrogen) atoms. The third-order valence-corrected chi connectivity index (χ3v) is 3.34. The lowest BCUT2D eigenvalue weighted by Crippen LogP contribution is -2.31. The Morgan fingerprint density at radius 2 is 2.47 bits per heavy atom. The number of methoxy groups -OCH3 is 1. The zero-order valence-electron chi connectivity index (χ0n) is 11.5. The second kappa shape index (κ2) is 6.52. The van der Waals surface area contributed by atoms with E-state index in [2.05, 4.69) is 9.88 Å². The van der Waals surface area contributed by atoms with Gasteiger partial charge >= 0.3 is 5.97 Å². The van der Waals surface area contributed by atoms with Crippen LogP contribution < -0.4 is 4.90 Å². The van der Waals surface area contributed by atoms with Gasteiger partial charge in [-0.2, -0.15) is 0 Å². The third-order valence-electron chi connectivity index (χ3n) is 3.34. The first kappa shape index (κ1) is 13.8. The minimum absolute atomic E-state index is 0.335. The zero-order chi connectivity index (χ0) is 13.7. The first-order chi connectivity index (χ1) is 9.20. The summed E-state index contributed by atoms with van der Waals surface area (Å²) in [5, 5.41) is 0. The van der Waals surface area contributed by atoms with E-state index in [4.69, 9.17) is 9.47 Å². The van der Waals surface area contributed by atoms with E-state index < -0.39 is 0 Å². The van der Waals surface area contributed by atoms with Crippen molar-refractivity contribution < 1.29 is 14.3 Å². The Labute approximate surface area is 113 Å². The van der Waals surface area contributed by atoms with Gasteiger partial charge in [0.2, 0.25) is 0 Å². The smallest absolute Gasteiger partial charge is 0.338 e. The number of hydrogen-bond donors (Lipinski definition) is 0. The van der Waals surface area contributed by atoms with Gasteiger partial charge in [0.15, 0.2) is 0 Å². The first-order valence-corrected chi connectivity index (χ1v) is 6.54. The predicted octanol–water partition coefficient (Wildman–Crippen LogP) is 1.73. The maximum absolute atomic E-state index is 11.5. The molecule has 1 aromatic rings. The van der Waals surface area contributed by atoms with Gasteiger partial charge in [-0.25, -0.2) is 9.78 Å². The standard InChI is InChI=1S/C14H20N2O3/c1-16(9-11-4-3-7-19-10-11)13-8-12(5-6-15-13)14(17)18-2/h5-6,8,11H,3-4,7,9-10H2,1-2H3/t11-/m0/s1. The molecule has 5 heteroatoms. The van der Waals surface area contributed by atoms with Crippen LogP contribution in [0.1, 0.15) is 23.2 Å². The van der Waals surface area contributed by atoms with Crippen molar-refractivity contribution in [2.24, 2.45) is 5.92 Å². The molecule has 0 spiro atoms. The Balaban J connectivity index is 2.01. The van der Waals surface area contributed by atoms with Gasteiger partial charge in [0.05, 0.1) is 19.3 Å². The molecule has 1 aromatic heterocycles. The largest absolute Gasteiger partial charge is 0.465 e. The Hall–Kier alpha value is -1.62. The van der Waals surface area contributed by atoms with Crippen LogP contribution in [-0.2, 0) is 9.47 Å². The van der Waals surface area contributed by atoms with E-state index in [9.17, 15) is 4.79 Å². The van der Waals surface area contributed by atoms with Gasteiger partial charge in [0.25, 0.3) is 0 Å². The van der Waals surface area contributed by atoms with Crippen molar-refractivity contribution in [1.29, 1.82) is 0 Å². The van der Waals surface area contributed by atoms with Crippen LogP contribution in [0, 0.1) is 5.92 Å². The summed E-state index contributed by atoms with van der Waals surface area (Å²) in [6.07, 6.45) is 3.94. The highest BCUT2D eigenvalue weighted by Gasteiger charge is 2.17. The molecule has 0 N–H and O–H groups in total. The number of anilines is 1. The second-order valence-corrected chi connectivity index (χ2v) is 4.86. The molecule has 0 bridgehead atoms. The van der Waals surface area contributed by atoms with Crippen LogP contribution in [0.2, 0.25) is 0 Å². The fraction of sp³-hybridized carbons (Fsp3) is 0.571. The van der Waals surface area contributed by atoms with Crippen LogP contribution in [-0.4, -0.2) is 44.9 Å². The number of esters is 1. The monoisotopic (exact) mass is 264 g/mol. The SMILES string of the molecule is COC(=O)c1ccnc(N(C)C[C@@H]2CCCOC2)c1. The van der Waals surface area contributed by atoms with Gasteiger partial charge < -0.3 is 14.4 Å². The van der Waals surface area contributed by atoms with Gasteiger partial charge in [-0.15, -0.1) is 0 Å². The maximum Gasteiger partial charge on any atom is 0.338 e. The highest BCUT2D eigenvalue weighted by Crippen LogP contribution is 2.18. The van der Waals surface area contributed by atoms with Crippen molar-refractivity contribution in [3.05, 3.63) is 23.9 Å². The molecule has 1 atom stereocenters. The molecule has 0 aromatic carbocycles. The second-order valence-electron chi connectivity index (χ2n) is 4.86. The molecule has 2 heterocycles. The average Bonchev–Trinajstić information content (AvgIpc) is 2.47. The zero-order valence-corrected chi connectivity index (χ0v) is 11.5. The van der Waals surface area contributed by atoms with E-state index in [-0.39, 0.29) is 5.97 Å². The molecule has 0 radical (unpaired) electrons. The molecule has 1 fully saturated rings. The molecule has 0 amide bonds. The Morgan fingerprint density at radius 3 is 3.16 bits per heavy atom. The number of hydrogen-bond acceptors (Lipinski definition) is 5. The lowest BCUT2D eigenvalue weighted by molar-refractivity contribution is 0.0575. The van der Waals surface area contributed by atoms with Crippen LogP contribution in [0.3, 0.4) is 0 Å². The molecule has 1 aliphatic rings. The highest BCUT2D eigenvalue weighted by atomic mass is 16.5. The lowest BCUT2D eigenvalue weighted by atomic mass is 10.0. The van der Waals surface area contributed by atoms with Gasteiger partial charge in [-0.05, 0) is 30.9 Å². The molecule has 1 aliphatic heterocycles. The minimum Gasteiger partial charge on any atom is -0.465 e. The van der Waals surface area contributed by atoms with Crippen LogP contribution in [0.4, 0.5) is 5.82 Å². The summed E-state index contributed by atoms with van der Waals surface area (Å²) in [6, 6.07) is 3.42. The summed E-state index contributed by atoms with van der Waals surface area (Å²) in [4.78, 5) is 17.8. The summed E-state index contributed by atoms with van der Waals surface area (Å²) in [7, 11) is 3.36. The molecule has 0 aliphatic carbocycles. The minimum atomic E-state index is -0.335. The fourth-order valence-electron chi connectivity index (χ4n) is 2.30. The molecule has 104 valence electrons. The molecular formula is C14H20N2O3. The molecule has 5 nitrogen and oxygen atoms in total. The fourth-order valence-corrected chi connectivity index (χ4v) is 2.30. The normalized spacial score (nSPS) is 18.9. The van der Waals surface area contributed by atoms with E-state index in [1.165, 1.54) is 13.5 Å². The quantitative estimate of drug-likeness (QED) is 0.775. The summed E-state index contributed by atoms with van der Waals surface area (Å²) in [5.74, 6) is 0.980. The number of carbonyl (C=O) groups is 1. The van der Waals surface area contributed by atoms with Gasteiger partial charge in [-0.3, -0.25) is 0 Å². The maximum atomic E-state index is 11.5. The molecule has 1 saturated heterocycles. The number of pyridine rings is 1. The summed E-state index contributed by atoms with van der Waals surface area (Å²) >= 11 is 0. The van der Waals surface area contributed by atoms with Crippen molar-refractivity contribution in [1.82, 2.24) is 4.98 Å². The van der Waals surface area contributed by atoms with E-state index in [0.29, 0.717) is 11.5 Å². The van der Waals surface area contributed by atoms with E-state index in [1.54, 1.807) is 18.3 Å². The van der Waals surface area contributed by atoms with Crippen molar-refractivity contribution in [3.8, 4) is 0 Å². The number of carbonyl (C=O) groups excluding carboxylic acids is 1. The Kier molecular flexibility index (Phi) is 4.74. The van der Waals surface area contributed by atoms with Crippen molar-refractivity contribution >= 4 is 11.8 Å². The average molecular weight is 264 g/mol. The third kappa shape index (κ3) is 3.67. The van der Waals surface area contributed by atoms with Crippen LogP contribution >= 0.6 is 0 Å². The molecule has 0 unspecified atom stereocenters. The van der Waals surface area contributed by atoms with Crippen molar-refractivity contribution in [3.63, 3.8) is 0 Å². The molecule has 0 saturated carbocycles. The number of aromatic nitrogens is 1. The van der Waals surface area contributed by atoms with Crippen molar-refractivity contribution in [2.75, 3.05) is 38.8 Å². The number of ether oxygens (including phenoxy) is 2. The Bertz CT molecular complexity index is 430. The predicted molar refractivity (Wildman–Crippen MR) is 72.4 cm³/mol. The van der Waals surface area contributed by atoms with Crippen molar-refractivity contribution in [2.45, 2.75) is 12.8 Å². The van der Waals surface area contributed by atoms with Gasteiger partial charge in [0.1, 0.15) is 5.82 Å². The van der Waals surface area contributed by atoms with Crippen LogP contribution in [0.15, 0.2) is 18.3 Å². The molecular weight excluding hydrogens is 244 g/mol. The summed E-state index contributed by atoms with van der Waals surface area (Å²) in [6.45, 7) is 2.56. The number of nitrogens with zero attached hydrogens (tertiary/aromatic N) is 2. The summed E-state index contributed by atoms with van der Waals surface area (Å²) in [5.41, 5.74) is 0.527. The van der Waals surface area contributed by atoms with Gasteiger partial charge in [0, 0.05) is 26.4 Å². The first-order valence-electron chi connectivity index (χ1n) is 6.54. The van der Waals surface area contributed by atoms with E-state index >= 15 is 0 Å². The van der Waals surface area contributed by atoms with Crippen LogP contribution in [0.5, 0.6) is 0 Å². The topological polar surface area (TPSA) is 51.7 Å². The van der Waals surface area contributed by atoms with Gasteiger partial charge in [-0.1, -0.05) is 0 Å².